The summed E-state index contributed by atoms with van der Waals surface area (Å²) in [6.07, 6.45) is 2.76. The molecule has 4 nitrogen and oxygen atoms in total. The molecule has 2 aliphatic carbocycles. The molecule has 1 aromatic rings. The maximum absolute atomic E-state index is 12.5. The van der Waals surface area contributed by atoms with Crippen LogP contribution in [0.1, 0.15) is 24.8 Å². The third-order valence-corrected chi connectivity index (χ3v) is 5.35. The highest BCUT2D eigenvalue weighted by Gasteiger charge is 2.53. The Bertz CT molecular complexity index is 601. The van der Waals surface area contributed by atoms with Crippen molar-refractivity contribution in [2.45, 2.75) is 26.2 Å². The van der Waals surface area contributed by atoms with Crippen LogP contribution in [-0.2, 0) is 9.59 Å². The molecule has 0 unspecified atom stereocenters. The van der Waals surface area contributed by atoms with Crippen LogP contribution in [0.5, 0.6) is 0 Å². The molecule has 2 saturated carbocycles. The zero-order valence-electron chi connectivity index (χ0n) is 11.8. The summed E-state index contributed by atoms with van der Waals surface area (Å²) >= 11 is 6.05. The van der Waals surface area contributed by atoms with Crippen LogP contribution in [0.3, 0.4) is 0 Å². The van der Waals surface area contributed by atoms with E-state index in [1.165, 1.54) is 0 Å². The van der Waals surface area contributed by atoms with Crippen LogP contribution in [0.4, 0.5) is 5.69 Å². The predicted molar refractivity (Wildman–Crippen MR) is 80.3 cm³/mol. The Kier molecular flexibility index (Phi) is 3.66. The van der Waals surface area contributed by atoms with Gasteiger partial charge < -0.3 is 10.4 Å². The SMILES string of the molecule is Cc1ccc(NC(=O)[C@@H]2[C@@H]3CC[C@@H](C3)[C@@H]2C(=O)O)cc1Cl. The lowest BCUT2D eigenvalue weighted by molar-refractivity contribution is -0.148. The smallest absolute Gasteiger partial charge is 0.307 e. The molecule has 0 saturated heterocycles. The van der Waals surface area contributed by atoms with Crippen LogP contribution < -0.4 is 5.32 Å². The molecule has 2 fully saturated rings. The molecule has 2 bridgehead atoms. The molecule has 21 heavy (non-hydrogen) atoms. The minimum absolute atomic E-state index is 0.157. The quantitative estimate of drug-likeness (QED) is 0.900. The Labute approximate surface area is 128 Å². The van der Waals surface area contributed by atoms with Crippen LogP contribution in [0.15, 0.2) is 18.2 Å². The largest absolute Gasteiger partial charge is 0.481 e. The fourth-order valence-corrected chi connectivity index (χ4v) is 4.10. The first-order valence-corrected chi connectivity index (χ1v) is 7.65. The van der Waals surface area contributed by atoms with E-state index in [1.54, 1.807) is 12.1 Å². The number of nitrogens with one attached hydrogen (secondary N) is 1. The van der Waals surface area contributed by atoms with Gasteiger partial charge in [-0.15, -0.1) is 0 Å². The summed E-state index contributed by atoms with van der Waals surface area (Å²) in [6.45, 7) is 1.89. The van der Waals surface area contributed by atoms with E-state index in [2.05, 4.69) is 5.32 Å². The van der Waals surface area contributed by atoms with Crippen molar-refractivity contribution in [3.05, 3.63) is 28.8 Å². The predicted octanol–water partition coefficient (Wildman–Crippen LogP) is 3.33. The standard InChI is InChI=1S/C16H18ClNO3/c1-8-2-5-11(7-12(8)17)18-15(19)13-9-3-4-10(6-9)14(13)16(20)21/h2,5,7,9-10,13-14H,3-4,6H2,1H3,(H,18,19)(H,20,21)/t9-,10+,13-,14+/m1/s1. The normalized spacial score (nSPS) is 30.4. The number of aliphatic carboxylic acids is 1. The monoisotopic (exact) mass is 307 g/mol. The Balaban J connectivity index is 1.78. The Morgan fingerprint density at radius 2 is 1.90 bits per heavy atom. The number of amides is 1. The molecule has 0 aromatic heterocycles. The van der Waals surface area contributed by atoms with Gasteiger partial charge in [-0.3, -0.25) is 9.59 Å². The van der Waals surface area contributed by atoms with Gasteiger partial charge in [0.1, 0.15) is 0 Å². The third kappa shape index (κ3) is 2.53. The van der Waals surface area contributed by atoms with Gasteiger partial charge in [0.05, 0.1) is 11.8 Å². The lowest BCUT2D eigenvalue weighted by Crippen LogP contribution is -2.37. The van der Waals surface area contributed by atoms with Crippen molar-refractivity contribution in [2.24, 2.45) is 23.7 Å². The Hall–Kier alpha value is -1.55. The molecule has 3 rings (SSSR count). The molecule has 0 radical (unpaired) electrons. The van der Waals surface area contributed by atoms with Gasteiger partial charge in [0.2, 0.25) is 5.91 Å². The van der Waals surface area contributed by atoms with Crippen LogP contribution in [-0.4, -0.2) is 17.0 Å². The van der Waals surface area contributed by atoms with Crippen LogP contribution in [0.25, 0.3) is 0 Å². The van der Waals surface area contributed by atoms with Gasteiger partial charge in [-0.1, -0.05) is 17.7 Å². The molecular weight excluding hydrogens is 290 g/mol. The number of carboxylic acid groups (broad SMARTS) is 1. The van der Waals surface area contributed by atoms with Gasteiger partial charge >= 0.3 is 5.97 Å². The lowest BCUT2D eigenvalue weighted by atomic mass is 9.78. The topological polar surface area (TPSA) is 66.4 Å². The fourth-order valence-electron chi connectivity index (χ4n) is 3.92. The number of hydrogen-bond donors (Lipinski definition) is 2. The van der Waals surface area contributed by atoms with Crippen molar-refractivity contribution >= 4 is 29.2 Å². The third-order valence-electron chi connectivity index (χ3n) is 4.94. The van der Waals surface area contributed by atoms with E-state index < -0.39 is 17.8 Å². The van der Waals surface area contributed by atoms with Crippen molar-refractivity contribution in [3.63, 3.8) is 0 Å². The van der Waals surface area contributed by atoms with Gasteiger partial charge in [-0.05, 0) is 55.7 Å². The van der Waals surface area contributed by atoms with Crippen LogP contribution in [0.2, 0.25) is 5.02 Å². The second kappa shape index (κ2) is 5.34. The van der Waals surface area contributed by atoms with E-state index in [-0.39, 0.29) is 17.7 Å². The van der Waals surface area contributed by atoms with Gasteiger partial charge in [0.15, 0.2) is 0 Å². The van der Waals surface area contributed by atoms with Crippen molar-refractivity contribution in [1.82, 2.24) is 0 Å². The summed E-state index contributed by atoms with van der Waals surface area (Å²) in [5.41, 5.74) is 1.57. The highest BCUT2D eigenvalue weighted by Crippen LogP contribution is 2.52. The minimum atomic E-state index is -0.843. The number of halogens is 1. The van der Waals surface area contributed by atoms with Crippen molar-refractivity contribution < 1.29 is 14.7 Å². The second-order valence-corrected chi connectivity index (χ2v) is 6.58. The summed E-state index contributed by atoms with van der Waals surface area (Å²) in [7, 11) is 0. The molecule has 4 atom stereocenters. The van der Waals surface area contributed by atoms with E-state index >= 15 is 0 Å². The average molecular weight is 308 g/mol. The Morgan fingerprint density at radius 3 is 2.52 bits per heavy atom. The van der Waals surface area contributed by atoms with E-state index in [9.17, 15) is 14.7 Å². The van der Waals surface area contributed by atoms with Gasteiger partial charge in [0.25, 0.3) is 0 Å². The van der Waals surface area contributed by atoms with E-state index in [0.29, 0.717) is 10.7 Å². The first kappa shape index (κ1) is 14.4. The number of carbonyl (C=O) groups excluding carboxylic acids is 1. The van der Waals surface area contributed by atoms with E-state index in [1.807, 2.05) is 13.0 Å². The fraction of sp³-hybridized carbons (Fsp3) is 0.500. The number of carbonyl (C=O) groups is 2. The molecule has 1 amide bonds. The summed E-state index contributed by atoms with van der Waals surface area (Å²) in [6, 6.07) is 5.34. The molecule has 1 aromatic carbocycles. The highest BCUT2D eigenvalue weighted by molar-refractivity contribution is 6.31. The summed E-state index contributed by atoms with van der Waals surface area (Å²) in [5, 5.41) is 12.8. The number of carboxylic acids is 1. The molecule has 112 valence electrons. The van der Waals surface area contributed by atoms with E-state index in [4.69, 9.17) is 11.6 Å². The summed E-state index contributed by atoms with van der Waals surface area (Å²) in [5.74, 6) is -1.62. The Morgan fingerprint density at radius 1 is 1.24 bits per heavy atom. The van der Waals surface area contributed by atoms with Crippen molar-refractivity contribution in [3.8, 4) is 0 Å². The molecular formula is C16H18ClNO3. The minimum Gasteiger partial charge on any atom is -0.481 e. The first-order valence-electron chi connectivity index (χ1n) is 7.27. The zero-order valence-corrected chi connectivity index (χ0v) is 12.6. The van der Waals surface area contributed by atoms with Crippen molar-refractivity contribution in [1.29, 1.82) is 0 Å². The molecule has 2 N–H and O–H groups in total. The number of benzene rings is 1. The molecule has 2 aliphatic rings. The zero-order chi connectivity index (χ0) is 15.1. The van der Waals surface area contributed by atoms with Gasteiger partial charge in [-0.2, -0.15) is 0 Å². The molecule has 0 aliphatic heterocycles. The average Bonchev–Trinajstić information content (AvgIpc) is 3.03. The van der Waals surface area contributed by atoms with Crippen molar-refractivity contribution in [2.75, 3.05) is 5.32 Å². The molecule has 5 heteroatoms. The van der Waals surface area contributed by atoms with Crippen LogP contribution in [0, 0.1) is 30.6 Å². The maximum Gasteiger partial charge on any atom is 0.307 e. The van der Waals surface area contributed by atoms with E-state index in [0.717, 1.165) is 24.8 Å². The number of anilines is 1. The maximum atomic E-state index is 12.5. The molecule has 0 spiro atoms. The number of hydrogen-bond acceptors (Lipinski definition) is 2. The summed E-state index contributed by atoms with van der Waals surface area (Å²) < 4.78 is 0. The number of rotatable bonds is 3. The van der Waals surface area contributed by atoms with Gasteiger partial charge in [0, 0.05) is 10.7 Å². The second-order valence-electron chi connectivity index (χ2n) is 6.18. The highest BCUT2D eigenvalue weighted by atomic mass is 35.5. The number of aryl methyl sites for hydroxylation is 1. The van der Waals surface area contributed by atoms with Crippen LogP contribution >= 0.6 is 11.6 Å². The number of fused-ring (bicyclic) bond motifs is 2. The molecule has 0 heterocycles. The van der Waals surface area contributed by atoms with Gasteiger partial charge in [-0.25, -0.2) is 0 Å². The lowest BCUT2D eigenvalue weighted by Gasteiger charge is -2.27. The first-order chi connectivity index (χ1) is 9.97. The summed E-state index contributed by atoms with van der Waals surface area (Å²) in [4.78, 5) is 24.0.